The number of nitrogens with one attached hydrogen (secondary N) is 1. The average Bonchev–Trinajstić information content (AvgIpc) is 2.97. The molecule has 1 saturated heterocycles. The van der Waals surface area contributed by atoms with E-state index in [0.717, 1.165) is 29.7 Å². The van der Waals surface area contributed by atoms with Crippen molar-refractivity contribution in [2.45, 2.75) is 45.3 Å². The highest BCUT2D eigenvalue weighted by molar-refractivity contribution is 7.18. The minimum atomic E-state index is -0.612. The number of nitrogens with zero attached hydrogens (tertiary/aromatic N) is 3. The number of piperazine rings is 1. The maximum Gasteiger partial charge on any atom is 0.332 e. The number of hydrogen-bond donors (Lipinski definition) is 1. The maximum absolute atomic E-state index is 13.2. The van der Waals surface area contributed by atoms with E-state index in [1.807, 2.05) is 6.92 Å². The van der Waals surface area contributed by atoms with Crippen LogP contribution in [0.5, 0.6) is 0 Å². The predicted molar refractivity (Wildman–Crippen MR) is 108 cm³/mol. The van der Waals surface area contributed by atoms with E-state index in [1.165, 1.54) is 20.8 Å². The van der Waals surface area contributed by atoms with Gasteiger partial charge in [0, 0.05) is 31.1 Å². The third-order valence-electron chi connectivity index (χ3n) is 5.78. The second-order valence-corrected chi connectivity index (χ2v) is 8.58. The van der Waals surface area contributed by atoms with E-state index in [0.29, 0.717) is 36.5 Å². The fourth-order valence-corrected chi connectivity index (χ4v) is 5.19. The minimum Gasteiger partial charge on any atom is -0.383 e. The first-order chi connectivity index (χ1) is 13.9. The standard InChI is InChI=1S/C19H24N4O5S/c1-11-13(10-21-7-6-20-15(24)17(21)26)29-18-14(11)16(25)23(12-4-3-5-12)19(27)22(18)8-9-28-2/h12H,3-10H2,1-2H3,(H,20,24). The Hall–Kier alpha value is -2.46. The highest BCUT2D eigenvalue weighted by Gasteiger charge is 2.30. The largest absolute Gasteiger partial charge is 0.383 e. The second kappa shape index (κ2) is 7.75. The molecule has 2 aromatic rings. The van der Waals surface area contributed by atoms with Crippen LogP contribution in [-0.4, -0.2) is 52.7 Å². The van der Waals surface area contributed by atoms with Crippen molar-refractivity contribution in [3.8, 4) is 0 Å². The van der Waals surface area contributed by atoms with Crippen LogP contribution in [0.15, 0.2) is 9.59 Å². The van der Waals surface area contributed by atoms with Gasteiger partial charge >= 0.3 is 17.5 Å². The normalized spacial score (nSPS) is 17.7. The molecule has 0 bridgehead atoms. The second-order valence-electron chi connectivity index (χ2n) is 7.50. The van der Waals surface area contributed by atoms with Crippen molar-refractivity contribution in [2.24, 2.45) is 0 Å². The Balaban J connectivity index is 1.84. The molecule has 1 N–H and O–H groups in total. The summed E-state index contributed by atoms with van der Waals surface area (Å²) in [5.74, 6) is -1.18. The Morgan fingerprint density at radius 1 is 1.21 bits per heavy atom. The van der Waals surface area contributed by atoms with Crippen molar-refractivity contribution in [2.75, 3.05) is 26.8 Å². The number of fused-ring (bicyclic) bond motifs is 1. The topological polar surface area (TPSA) is 103 Å². The molecule has 1 aliphatic carbocycles. The molecule has 0 spiro atoms. The van der Waals surface area contributed by atoms with E-state index in [1.54, 1.807) is 11.7 Å². The van der Waals surface area contributed by atoms with Crippen LogP contribution in [0, 0.1) is 6.92 Å². The molecule has 29 heavy (non-hydrogen) atoms. The molecule has 10 heteroatoms. The summed E-state index contributed by atoms with van der Waals surface area (Å²) in [6.07, 6.45) is 2.68. The lowest BCUT2D eigenvalue weighted by molar-refractivity contribution is -0.148. The number of thiophene rings is 1. The Morgan fingerprint density at radius 3 is 2.62 bits per heavy atom. The highest BCUT2D eigenvalue weighted by atomic mass is 32.1. The van der Waals surface area contributed by atoms with Crippen LogP contribution in [-0.2, 0) is 27.4 Å². The zero-order valence-corrected chi connectivity index (χ0v) is 17.3. The summed E-state index contributed by atoms with van der Waals surface area (Å²) >= 11 is 1.34. The molecular weight excluding hydrogens is 396 g/mol. The number of amides is 2. The number of aromatic nitrogens is 2. The molecule has 0 aromatic carbocycles. The van der Waals surface area contributed by atoms with E-state index >= 15 is 0 Å². The van der Waals surface area contributed by atoms with Gasteiger partial charge in [0.25, 0.3) is 5.56 Å². The first kappa shape index (κ1) is 19.8. The van der Waals surface area contributed by atoms with Gasteiger partial charge in [-0.1, -0.05) is 0 Å². The molecule has 2 fully saturated rings. The first-order valence-corrected chi connectivity index (χ1v) is 10.6. The van der Waals surface area contributed by atoms with Crippen molar-refractivity contribution >= 4 is 33.4 Å². The summed E-state index contributed by atoms with van der Waals surface area (Å²) in [6, 6.07) is -0.0525. The summed E-state index contributed by atoms with van der Waals surface area (Å²) in [4.78, 5) is 53.1. The van der Waals surface area contributed by atoms with Gasteiger partial charge in [0.15, 0.2) is 0 Å². The van der Waals surface area contributed by atoms with Gasteiger partial charge in [-0.25, -0.2) is 4.79 Å². The van der Waals surface area contributed by atoms with Crippen molar-refractivity contribution in [1.29, 1.82) is 0 Å². The third kappa shape index (κ3) is 3.29. The molecule has 156 valence electrons. The third-order valence-corrected chi connectivity index (χ3v) is 7.08. The van der Waals surface area contributed by atoms with Crippen LogP contribution in [0.1, 0.15) is 35.7 Å². The molecule has 2 aliphatic rings. The highest BCUT2D eigenvalue weighted by Crippen LogP contribution is 2.32. The van der Waals surface area contributed by atoms with Gasteiger partial charge in [-0.15, -0.1) is 11.3 Å². The maximum atomic E-state index is 13.2. The van der Waals surface area contributed by atoms with Crippen LogP contribution >= 0.6 is 11.3 Å². The average molecular weight is 420 g/mol. The minimum absolute atomic E-state index is 0.0525. The number of hydrogen-bond acceptors (Lipinski definition) is 6. The first-order valence-electron chi connectivity index (χ1n) is 9.77. The fraction of sp³-hybridized carbons (Fsp3) is 0.579. The van der Waals surface area contributed by atoms with Gasteiger partial charge in [-0.2, -0.15) is 0 Å². The van der Waals surface area contributed by atoms with E-state index in [-0.39, 0.29) is 23.8 Å². The van der Waals surface area contributed by atoms with Crippen LogP contribution in [0.3, 0.4) is 0 Å². The monoisotopic (exact) mass is 420 g/mol. The summed E-state index contributed by atoms with van der Waals surface area (Å²) in [5, 5.41) is 3.06. The molecule has 3 heterocycles. The molecule has 0 radical (unpaired) electrons. The van der Waals surface area contributed by atoms with Crippen molar-refractivity contribution < 1.29 is 14.3 Å². The summed E-state index contributed by atoms with van der Waals surface area (Å²) in [6.45, 7) is 3.62. The summed E-state index contributed by atoms with van der Waals surface area (Å²) in [7, 11) is 1.57. The van der Waals surface area contributed by atoms with Crippen molar-refractivity contribution in [3.05, 3.63) is 31.3 Å². The Bertz CT molecular complexity index is 1090. The smallest absolute Gasteiger partial charge is 0.332 e. The fourth-order valence-electron chi connectivity index (χ4n) is 3.86. The van der Waals surface area contributed by atoms with Gasteiger partial charge < -0.3 is 15.0 Å². The molecule has 4 rings (SSSR count). The van der Waals surface area contributed by atoms with E-state index < -0.39 is 11.8 Å². The zero-order valence-electron chi connectivity index (χ0n) is 16.5. The molecular formula is C19H24N4O5S. The summed E-state index contributed by atoms with van der Waals surface area (Å²) < 4.78 is 8.17. The molecule has 2 amide bonds. The van der Waals surface area contributed by atoms with Crippen LogP contribution in [0.25, 0.3) is 10.2 Å². The van der Waals surface area contributed by atoms with E-state index in [2.05, 4.69) is 5.32 Å². The van der Waals surface area contributed by atoms with Crippen LogP contribution in [0.4, 0.5) is 0 Å². The molecule has 1 aliphatic heterocycles. The number of ether oxygens (including phenoxy) is 1. The molecule has 0 unspecified atom stereocenters. The zero-order chi connectivity index (χ0) is 20.7. The SMILES string of the molecule is COCCn1c(=O)n(C2CCC2)c(=O)c2c(C)c(CN3CCNC(=O)C3=O)sc21. The van der Waals surface area contributed by atoms with Crippen LogP contribution < -0.4 is 16.6 Å². The lowest BCUT2D eigenvalue weighted by Gasteiger charge is -2.27. The van der Waals surface area contributed by atoms with Crippen molar-refractivity contribution in [3.63, 3.8) is 0 Å². The number of aryl methyl sites for hydroxylation is 1. The lowest BCUT2D eigenvalue weighted by atomic mass is 9.93. The van der Waals surface area contributed by atoms with Gasteiger partial charge in [0.1, 0.15) is 4.83 Å². The number of carbonyl (C=O) groups excluding carboxylic acids is 2. The Labute approximate surface area is 170 Å². The predicted octanol–water partition coefficient (Wildman–Crippen LogP) is 0.363. The molecule has 0 atom stereocenters. The molecule has 9 nitrogen and oxygen atoms in total. The molecule has 1 saturated carbocycles. The number of methoxy groups -OCH3 is 1. The van der Waals surface area contributed by atoms with Gasteiger partial charge in [0.2, 0.25) is 0 Å². The van der Waals surface area contributed by atoms with Gasteiger partial charge in [-0.3, -0.25) is 23.5 Å². The van der Waals surface area contributed by atoms with Crippen LogP contribution in [0.2, 0.25) is 0 Å². The Kier molecular flexibility index (Phi) is 5.30. The van der Waals surface area contributed by atoms with E-state index in [4.69, 9.17) is 4.74 Å². The van der Waals surface area contributed by atoms with Crippen molar-refractivity contribution in [1.82, 2.24) is 19.4 Å². The van der Waals surface area contributed by atoms with Gasteiger partial charge in [0.05, 0.1) is 25.1 Å². The summed E-state index contributed by atoms with van der Waals surface area (Å²) in [5.41, 5.74) is 0.213. The van der Waals surface area contributed by atoms with Gasteiger partial charge in [-0.05, 0) is 31.7 Å². The number of carbonyl (C=O) groups is 2. The Morgan fingerprint density at radius 2 is 1.97 bits per heavy atom. The lowest BCUT2D eigenvalue weighted by Crippen LogP contribution is -2.51. The quantitative estimate of drug-likeness (QED) is 0.680. The van der Waals surface area contributed by atoms with E-state index in [9.17, 15) is 19.2 Å². The molecule has 2 aromatic heterocycles. The number of rotatable bonds is 6.